The Morgan fingerprint density at radius 2 is 1.23 bits per heavy atom. The smallest absolute Gasteiger partial charge is 0.268 e. The Morgan fingerprint density at radius 3 is 1.93 bits per heavy atom. The van der Waals surface area contributed by atoms with Crippen molar-refractivity contribution in [1.82, 2.24) is 14.1 Å². The summed E-state index contributed by atoms with van der Waals surface area (Å²) in [6.45, 7) is 20.2. The monoisotopic (exact) mass is 914 g/mol. The summed E-state index contributed by atoms with van der Waals surface area (Å²) in [5, 5.41) is 2.19. The molecule has 7 nitrogen and oxygen atoms in total. The number of imidazole rings is 1. The van der Waals surface area contributed by atoms with Gasteiger partial charge < -0.3 is 14.2 Å². The Hall–Kier alpha value is -7.84. The van der Waals surface area contributed by atoms with Gasteiger partial charge >= 0.3 is 0 Å². The third-order valence-corrected chi connectivity index (χ3v) is 14.0. The first-order chi connectivity index (χ1) is 33.5. The van der Waals surface area contributed by atoms with Crippen LogP contribution >= 0.6 is 0 Å². The van der Waals surface area contributed by atoms with Crippen LogP contribution in [0.15, 0.2) is 170 Å². The summed E-state index contributed by atoms with van der Waals surface area (Å²) in [4.78, 5) is 5.02. The number of ether oxygens (including phenoxy) is 3. The van der Waals surface area contributed by atoms with Gasteiger partial charge in [0.2, 0.25) is 0 Å². The molecule has 0 spiro atoms. The fraction of sp³-hybridized carbons (Fsp3) is 0.194. The fourth-order valence-corrected chi connectivity index (χ4v) is 10.1. The van der Waals surface area contributed by atoms with Gasteiger partial charge in [0.05, 0.1) is 22.4 Å². The number of fused-ring (bicyclic) bond motifs is 7. The highest BCUT2D eigenvalue weighted by molar-refractivity contribution is 6.98. The van der Waals surface area contributed by atoms with Crippen LogP contribution < -0.4 is 35.2 Å². The van der Waals surface area contributed by atoms with Crippen LogP contribution in [0, 0.1) is 6.33 Å². The third-order valence-electron chi connectivity index (χ3n) is 14.0. The summed E-state index contributed by atoms with van der Waals surface area (Å²) in [5.74, 6) is 5.70. The molecule has 7 aromatic carbocycles. The Kier molecular flexibility index (Phi) is 9.84. The van der Waals surface area contributed by atoms with E-state index in [1.54, 1.807) is 0 Å². The molecule has 10 aromatic rings. The molecule has 0 amide bonds. The van der Waals surface area contributed by atoms with Gasteiger partial charge in [-0.05, 0) is 146 Å². The second kappa shape index (κ2) is 15.9. The topological polar surface area (TPSA) is 54.3 Å². The Morgan fingerprint density at radius 1 is 0.543 bits per heavy atom. The highest BCUT2D eigenvalue weighted by atomic mass is 16.5. The van der Waals surface area contributed by atoms with Crippen LogP contribution in [0.2, 0.25) is 0 Å². The van der Waals surface area contributed by atoms with E-state index in [1.165, 1.54) is 11.1 Å². The van der Waals surface area contributed by atoms with E-state index in [2.05, 4.69) is 230 Å². The van der Waals surface area contributed by atoms with E-state index in [1.807, 2.05) is 22.9 Å². The molecule has 2 aliphatic rings. The molecule has 0 aliphatic carbocycles. The maximum atomic E-state index is 6.93. The summed E-state index contributed by atoms with van der Waals surface area (Å²) in [6.07, 6.45) is 9.62. The number of rotatable bonds is 6. The lowest BCUT2D eigenvalue weighted by Gasteiger charge is -2.33. The fourth-order valence-electron chi connectivity index (χ4n) is 10.1. The lowest BCUT2D eigenvalue weighted by molar-refractivity contribution is -0.599. The summed E-state index contributed by atoms with van der Waals surface area (Å²) in [6, 6.07) is 53.7. The lowest BCUT2D eigenvalue weighted by Crippen LogP contribution is -2.57. The zero-order valence-corrected chi connectivity index (χ0v) is 41.3. The first kappa shape index (κ1) is 43.4. The first-order valence-electron chi connectivity index (χ1n) is 24.3. The SMILES string of the molecule is CC(C)(C)c1cc(Oc2ccc3c4cc(-c5cc6c7c(c5)Oc5ccccc5B7c5ccccc5O6)ccc4n(-c4cc(C(C)(C)C)ccn4)c3c2)cc(-n2[c-][n+](-c3cccc(C(C)(C)C)c3)cc2)c1. The molecule has 8 heteroatoms. The van der Waals surface area contributed by atoms with Crippen molar-refractivity contribution in [2.24, 2.45) is 0 Å². The Balaban J connectivity index is 0.967. The third kappa shape index (κ3) is 7.54. The van der Waals surface area contributed by atoms with Gasteiger partial charge in [-0.25, -0.2) is 4.98 Å². The number of nitrogens with zero attached hydrogens (tertiary/aromatic N) is 4. The quantitative estimate of drug-likeness (QED) is 0.0947. The van der Waals surface area contributed by atoms with Crippen LogP contribution in [0.5, 0.6) is 34.5 Å². The van der Waals surface area contributed by atoms with E-state index >= 15 is 0 Å². The van der Waals surface area contributed by atoms with Gasteiger partial charge in [-0.15, -0.1) is 0 Å². The normalized spacial score (nSPS) is 13.1. The van der Waals surface area contributed by atoms with Gasteiger partial charge in [0.25, 0.3) is 13.0 Å². The molecule has 0 saturated heterocycles. The molecule has 0 fully saturated rings. The highest BCUT2D eigenvalue weighted by Gasteiger charge is 2.40. The van der Waals surface area contributed by atoms with Gasteiger partial charge in [-0.2, -0.15) is 0 Å². The van der Waals surface area contributed by atoms with E-state index in [9.17, 15) is 0 Å². The van der Waals surface area contributed by atoms with E-state index in [-0.39, 0.29) is 23.0 Å². The van der Waals surface area contributed by atoms with Gasteiger partial charge in [-0.3, -0.25) is 13.7 Å². The number of pyridine rings is 1. The molecular formula is C62H55BN4O3. The molecule has 0 saturated carbocycles. The van der Waals surface area contributed by atoms with Crippen molar-refractivity contribution < 1.29 is 18.8 Å². The van der Waals surface area contributed by atoms with Crippen molar-refractivity contribution in [2.45, 2.75) is 78.6 Å². The zero-order chi connectivity index (χ0) is 48.3. The molecule has 0 atom stereocenters. The maximum absolute atomic E-state index is 6.93. The predicted octanol–water partition coefficient (Wildman–Crippen LogP) is 13.1. The van der Waals surface area contributed by atoms with Gasteiger partial charge in [0.1, 0.15) is 40.3 Å². The molecular weight excluding hydrogens is 860 g/mol. The minimum atomic E-state index is -0.138. The van der Waals surface area contributed by atoms with Crippen molar-refractivity contribution in [3.63, 3.8) is 0 Å². The molecule has 0 bridgehead atoms. The van der Waals surface area contributed by atoms with E-state index in [4.69, 9.17) is 19.2 Å². The van der Waals surface area contributed by atoms with Crippen molar-refractivity contribution >= 4 is 44.9 Å². The minimum Gasteiger partial charge on any atom is -0.458 e. The summed E-state index contributed by atoms with van der Waals surface area (Å²) in [5.41, 5.74) is 13.0. The van der Waals surface area contributed by atoms with Crippen LogP contribution in [-0.2, 0) is 16.2 Å². The largest absolute Gasteiger partial charge is 0.458 e. The van der Waals surface area contributed by atoms with Crippen molar-refractivity contribution in [3.05, 3.63) is 193 Å². The maximum Gasteiger partial charge on any atom is 0.268 e. The molecule has 344 valence electrons. The number of hydrogen-bond acceptors (Lipinski definition) is 4. The average Bonchev–Trinajstić information content (AvgIpc) is 3.96. The molecule has 0 radical (unpaired) electrons. The van der Waals surface area contributed by atoms with Gasteiger partial charge in [0.15, 0.2) is 0 Å². The van der Waals surface area contributed by atoms with E-state index in [0.29, 0.717) is 0 Å². The van der Waals surface area contributed by atoms with Crippen molar-refractivity contribution in [3.8, 4) is 62.8 Å². The van der Waals surface area contributed by atoms with Crippen LogP contribution in [0.25, 0.3) is 50.1 Å². The molecule has 0 N–H and O–H groups in total. The highest BCUT2D eigenvalue weighted by Crippen LogP contribution is 2.42. The Labute approximate surface area is 410 Å². The number of benzene rings is 7. The zero-order valence-electron chi connectivity index (χ0n) is 41.3. The molecule has 12 rings (SSSR count). The predicted molar refractivity (Wildman–Crippen MR) is 284 cm³/mol. The number of aromatic nitrogens is 4. The van der Waals surface area contributed by atoms with E-state index in [0.717, 1.165) is 107 Å². The minimum absolute atomic E-state index is 0.0191. The van der Waals surface area contributed by atoms with Gasteiger partial charge in [-0.1, -0.05) is 117 Å². The van der Waals surface area contributed by atoms with Crippen LogP contribution in [-0.4, -0.2) is 20.8 Å². The molecule has 2 aliphatic heterocycles. The van der Waals surface area contributed by atoms with Crippen molar-refractivity contribution in [1.29, 1.82) is 0 Å². The molecule has 5 heterocycles. The number of para-hydroxylation sites is 2. The lowest BCUT2D eigenvalue weighted by atomic mass is 9.35. The second-order valence-electron chi connectivity index (χ2n) is 22.0. The van der Waals surface area contributed by atoms with Crippen LogP contribution in [0.1, 0.15) is 79.0 Å². The first-order valence-corrected chi connectivity index (χ1v) is 24.3. The van der Waals surface area contributed by atoms with Crippen molar-refractivity contribution in [2.75, 3.05) is 0 Å². The van der Waals surface area contributed by atoms with Crippen LogP contribution in [0.3, 0.4) is 0 Å². The Bertz CT molecular complexity index is 3660. The number of hydrogen-bond donors (Lipinski definition) is 0. The summed E-state index contributed by atoms with van der Waals surface area (Å²) in [7, 11) is 0. The van der Waals surface area contributed by atoms with Gasteiger partial charge in [0, 0.05) is 40.9 Å². The molecule has 70 heavy (non-hydrogen) atoms. The summed E-state index contributed by atoms with van der Waals surface area (Å²) < 4.78 is 26.7. The summed E-state index contributed by atoms with van der Waals surface area (Å²) >= 11 is 0. The van der Waals surface area contributed by atoms with Crippen LogP contribution in [0.4, 0.5) is 0 Å². The average molecular weight is 915 g/mol. The molecule has 0 unspecified atom stereocenters. The standard InChI is InChI=1S/C62H55BN4O3/c1-60(2,3)41-15-14-16-44(32-41)65-27-28-66(38-65)45-33-43(62(7,8)9)34-47(36-45)68-46-22-23-48-49-29-39(21-24-52(49)67(53(48)37-46)58-35-42(25-26-64-58)61(4,5)6)40-30-56-59-57(31-40)70-55-20-13-11-18-51(55)63(59)50-17-10-12-19-54(50)69-56/h10-37H,1-9H3. The second-order valence-corrected chi connectivity index (χ2v) is 22.0. The van der Waals surface area contributed by atoms with E-state index < -0.39 is 0 Å². The molecule has 3 aromatic heterocycles.